The van der Waals surface area contributed by atoms with Gasteiger partial charge >= 0.3 is 0 Å². The second-order valence-electron chi connectivity index (χ2n) is 2.23. The Morgan fingerprint density at radius 2 is 2.70 bits per heavy atom. The van der Waals surface area contributed by atoms with Crippen molar-refractivity contribution in [3.05, 3.63) is 24.7 Å². The molecular formula is C7H8N2O. The summed E-state index contributed by atoms with van der Waals surface area (Å²) in [5, 5.41) is 3.13. The number of rotatable bonds is 0. The Balaban J connectivity index is 2.23. The molecule has 0 fully saturated rings. The fourth-order valence-electron chi connectivity index (χ4n) is 1.02. The number of ether oxygens (including phenoxy) is 1. The van der Waals surface area contributed by atoms with Gasteiger partial charge in [0.15, 0.2) is 0 Å². The van der Waals surface area contributed by atoms with Crippen LogP contribution in [0.15, 0.2) is 29.7 Å². The van der Waals surface area contributed by atoms with Crippen LogP contribution in [0.2, 0.25) is 0 Å². The molecule has 0 aromatic heterocycles. The van der Waals surface area contributed by atoms with Gasteiger partial charge in [-0.3, -0.25) is 0 Å². The lowest BCUT2D eigenvalue weighted by molar-refractivity contribution is 0.406. The highest BCUT2D eigenvalue weighted by Crippen LogP contribution is 2.08. The van der Waals surface area contributed by atoms with E-state index in [1.54, 1.807) is 18.7 Å². The highest BCUT2D eigenvalue weighted by Gasteiger charge is 2.18. The predicted octanol–water partition coefficient (Wildman–Crippen LogP) is 0.762. The molecule has 2 rings (SSSR count). The molecule has 0 aromatic rings. The second kappa shape index (κ2) is 2.17. The summed E-state index contributed by atoms with van der Waals surface area (Å²) in [6, 6.07) is 0.259. The minimum Gasteiger partial charge on any atom is -0.447 e. The maximum Gasteiger partial charge on any atom is 0.216 e. The summed E-state index contributed by atoms with van der Waals surface area (Å²) in [5.74, 6) is 0.769. The van der Waals surface area contributed by atoms with Crippen molar-refractivity contribution < 1.29 is 4.74 Å². The van der Waals surface area contributed by atoms with E-state index in [0.717, 1.165) is 12.3 Å². The average molecular weight is 136 g/mol. The van der Waals surface area contributed by atoms with Gasteiger partial charge in [-0.05, 0) is 6.42 Å². The number of nitrogens with one attached hydrogen (secondary N) is 1. The van der Waals surface area contributed by atoms with Crippen LogP contribution >= 0.6 is 0 Å². The molecule has 0 spiro atoms. The molecule has 1 atom stereocenters. The molecule has 2 aliphatic rings. The summed E-state index contributed by atoms with van der Waals surface area (Å²) in [6.45, 7) is 0. The molecule has 1 N–H and O–H groups in total. The summed E-state index contributed by atoms with van der Waals surface area (Å²) in [5.41, 5.74) is 0. The lowest BCUT2D eigenvalue weighted by Crippen LogP contribution is -2.37. The lowest BCUT2D eigenvalue weighted by Gasteiger charge is -2.22. The zero-order valence-electron chi connectivity index (χ0n) is 5.45. The Morgan fingerprint density at radius 1 is 1.70 bits per heavy atom. The van der Waals surface area contributed by atoms with E-state index in [2.05, 4.69) is 10.3 Å². The van der Waals surface area contributed by atoms with Crippen LogP contribution in [0.25, 0.3) is 0 Å². The van der Waals surface area contributed by atoms with E-state index in [-0.39, 0.29) is 6.04 Å². The number of hydrogen-bond acceptors (Lipinski definition) is 3. The van der Waals surface area contributed by atoms with Crippen molar-refractivity contribution in [1.82, 2.24) is 5.32 Å². The summed E-state index contributed by atoms with van der Waals surface area (Å²) in [7, 11) is 0. The molecule has 1 unspecified atom stereocenters. The van der Waals surface area contributed by atoms with Crippen LogP contribution in [0.3, 0.4) is 0 Å². The number of aliphatic imine (C=N–C) groups is 1. The molecule has 2 aliphatic heterocycles. The van der Waals surface area contributed by atoms with E-state index in [0.29, 0.717) is 0 Å². The van der Waals surface area contributed by atoms with Crippen LogP contribution in [0.4, 0.5) is 0 Å². The van der Waals surface area contributed by atoms with E-state index < -0.39 is 0 Å². The monoisotopic (exact) mass is 136 g/mol. The molecular weight excluding hydrogens is 128 g/mol. The van der Waals surface area contributed by atoms with Crippen molar-refractivity contribution in [2.75, 3.05) is 0 Å². The average Bonchev–Trinajstić information content (AvgIpc) is 2.05. The lowest BCUT2D eigenvalue weighted by atomic mass is 10.1. The van der Waals surface area contributed by atoms with Crippen LogP contribution in [0.5, 0.6) is 0 Å². The molecule has 2 heterocycles. The first kappa shape index (κ1) is 5.53. The van der Waals surface area contributed by atoms with Gasteiger partial charge in [0, 0.05) is 12.4 Å². The molecule has 0 saturated heterocycles. The maximum atomic E-state index is 5.14. The summed E-state index contributed by atoms with van der Waals surface area (Å²) < 4.78 is 5.14. The van der Waals surface area contributed by atoms with Crippen LogP contribution in [0.1, 0.15) is 6.42 Å². The third-order valence-corrected chi connectivity index (χ3v) is 1.53. The SMILES string of the molecule is C1=CN=C2OC=CNC2C1. The van der Waals surface area contributed by atoms with Crippen molar-refractivity contribution in [2.24, 2.45) is 4.99 Å². The van der Waals surface area contributed by atoms with Crippen molar-refractivity contribution in [3.8, 4) is 0 Å². The van der Waals surface area contributed by atoms with Crippen molar-refractivity contribution in [1.29, 1.82) is 0 Å². The third-order valence-electron chi connectivity index (χ3n) is 1.53. The van der Waals surface area contributed by atoms with Crippen molar-refractivity contribution in [3.63, 3.8) is 0 Å². The number of fused-ring (bicyclic) bond motifs is 1. The first-order valence-electron chi connectivity index (χ1n) is 3.27. The number of hydrogen-bond donors (Lipinski definition) is 1. The first-order chi connectivity index (χ1) is 4.97. The Bertz CT molecular complexity index is 218. The number of nitrogens with zero attached hydrogens (tertiary/aromatic N) is 1. The molecule has 0 aromatic carbocycles. The van der Waals surface area contributed by atoms with E-state index in [9.17, 15) is 0 Å². The summed E-state index contributed by atoms with van der Waals surface area (Å²) >= 11 is 0. The van der Waals surface area contributed by atoms with Crippen molar-refractivity contribution >= 4 is 5.90 Å². The molecule has 3 nitrogen and oxygen atoms in total. The van der Waals surface area contributed by atoms with Gasteiger partial charge < -0.3 is 10.1 Å². The molecule has 0 amide bonds. The third kappa shape index (κ3) is 0.795. The van der Waals surface area contributed by atoms with Gasteiger partial charge in [0.25, 0.3) is 0 Å². The standard InChI is InChI=1S/C7H8N2O/c1-2-6-7(9-3-1)10-5-4-8-6/h1,3-6,8H,2H2. The Labute approximate surface area is 59.1 Å². The summed E-state index contributed by atoms with van der Waals surface area (Å²) in [6.07, 6.45) is 8.15. The normalized spacial score (nSPS) is 28.0. The van der Waals surface area contributed by atoms with Crippen LogP contribution in [-0.2, 0) is 4.74 Å². The highest BCUT2D eigenvalue weighted by atomic mass is 16.5. The molecule has 0 radical (unpaired) electrons. The topological polar surface area (TPSA) is 33.6 Å². The molecule has 10 heavy (non-hydrogen) atoms. The highest BCUT2D eigenvalue weighted by molar-refractivity contribution is 5.84. The fourth-order valence-corrected chi connectivity index (χ4v) is 1.02. The second-order valence-corrected chi connectivity index (χ2v) is 2.23. The van der Waals surface area contributed by atoms with Crippen LogP contribution in [0, 0.1) is 0 Å². The molecule has 0 saturated carbocycles. The van der Waals surface area contributed by atoms with Gasteiger partial charge in [-0.15, -0.1) is 0 Å². The van der Waals surface area contributed by atoms with Gasteiger partial charge in [-0.2, -0.15) is 0 Å². The van der Waals surface area contributed by atoms with E-state index in [1.807, 2.05) is 6.08 Å². The Kier molecular flexibility index (Phi) is 1.20. The zero-order valence-corrected chi connectivity index (χ0v) is 5.45. The van der Waals surface area contributed by atoms with Crippen molar-refractivity contribution in [2.45, 2.75) is 12.5 Å². The van der Waals surface area contributed by atoms with Gasteiger partial charge in [-0.25, -0.2) is 4.99 Å². The summed E-state index contributed by atoms with van der Waals surface area (Å²) in [4.78, 5) is 4.05. The molecule has 52 valence electrons. The van der Waals surface area contributed by atoms with Gasteiger partial charge in [-0.1, -0.05) is 6.08 Å². The minimum atomic E-state index is 0.259. The molecule has 3 heteroatoms. The predicted molar refractivity (Wildman–Crippen MR) is 38.3 cm³/mol. The smallest absolute Gasteiger partial charge is 0.216 e. The largest absolute Gasteiger partial charge is 0.447 e. The fraction of sp³-hybridized carbons (Fsp3) is 0.286. The zero-order chi connectivity index (χ0) is 6.81. The van der Waals surface area contributed by atoms with E-state index >= 15 is 0 Å². The van der Waals surface area contributed by atoms with Gasteiger partial charge in [0.05, 0.1) is 0 Å². The molecule has 0 bridgehead atoms. The van der Waals surface area contributed by atoms with E-state index in [4.69, 9.17) is 4.74 Å². The maximum absolute atomic E-state index is 5.14. The quantitative estimate of drug-likeness (QED) is 0.533. The van der Waals surface area contributed by atoms with Crippen LogP contribution in [-0.4, -0.2) is 11.9 Å². The minimum absolute atomic E-state index is 0.259. The van der Waals surface area contributed by atoms with Crippen LogP contribution < -0.4 is 5.32 Å². The van der Waals surface area contributed by atoms with Gasteiger partial charge in [0.2, 0.25) is 5.90 Å². The first-order valence-corrected chi connectivity index (χ1v) is 3.27. The van der Waals surface area contributed by atoms with E-state index in [1.165, 1.54) is 0 Å². The molecule has 0 aliphatic carbocycles. The Hall–Kier alpha value is -1.25. The Morgan fingerprint density at radius 3 is 3.60 bits per heavy atom. The van der Waals surface area contributed by atoms with Gasteiger partial charge in [0.1, 0.15) is 12.3 Å².